The van der Waals surface area contributed by atoms with Crippen LogP contribution in [-0.2, 0) is 16.0 Å². The lowest BCUT2D eigenvalue weighted by atomic mass is 9.86. The Balaban J connectivity index is 1.76. The second-order valence-corrected chi connectivity index (χ2v) is 6.31. The fourth-order valence-corrected chi connectivity index (χ4v) is 3.23. The quantitative estimate of drug-likeness (QED) is 0.759. The van der Waals surface area contributed by atoms with Gasteiger partial charge in [0.25, 0.3) is 0 Å². The van der Waals surface area contributed by atoms with Gasteiger partial charge in [-0.05, 0) is 35.6 Å². The van der Waals surface area contributed by atoms with Gasteiger partial charge < -0.3 is 15.9 Å². The van der Waals surface area contributed by atoms with Gasteiger partial charge in [-0.3, -0.25) is 9.59 Å². The third-order valence-corrected chi connectivity index (χ3v) is 4.81. The highest BCUT2D eigenvalue weighted by molar-refractivity contribution is 5.84. The van der Waals surface area contributed by atoms with E-state index in [1.165, 1.54) is 0 Å². The molecule has 1 unspecified atom stereocenters. The van der Waals surface area contributed by atoms with E-state index in [4.69, 9.17) is 10.8 Å². The van der Waals surface area contributed by atoms with E-state index in [1.54, 1.807) is 0 Å². The average molecular weight is 313 g/mol. The van der Waals surface area contributed by atoms with Gasteiger partial charge in [-0.25, -0.2) is 0 Å². The molecule has 3 atom stereocenters. The van der Waals surface area contributed by atoms with E-state index in [9.17, 15) is 14.7 Å². The van der Waals surface area contributed by atoms with Crippen LogP contribution >= 0.6 is 0 Å². The summed E-state index contributed by atoms with van der Waals surface area (Å²) in [5, 5.41) is 20.7. The molecule has 0 spiro atoms. The Kier molecular flexibility index (Phi) is 3.82. The van der Waals surface area contributed by atoms with Gasteiger partial charge in [0.15, 0.2) is 0 Å². The predicted octanol–water partition coefficient (Wildman–Crippen LogP) is 2.28. The van der Waals surface area contributed by atoms with Crippen LogP contribution in [-0.4, -0.2) is 27.7 Å². The Hall–Kier alpha value is -2.40. The lowest BCUT2D eigenvalue weighted by Crippen LogP contribution is -2.51. The number of carboxylic acid groups (broad SMARTS) is 2. The van der Waals surface area contributed by atoms with Gasteiger partial charge in [0, 0.05) is 5.92 Å². The molecule has 1 fully saturated rings. The van der Waals surface area contributed by atoms with Crippen LogP contribution in [0, 0.1) is 11.8 Å². The Morgan fingerprint density at radius 2 is 1.83 bits per heavy atom. The summed E-state index contributed by atoms with van der Waals surface area (Å²) in [6.07, 6.45) is 1.08. The van der Waals surface area contributed by atoms with Crippen molar-refractivity contribution in [3.05, 3.63) is 48.0 Å². The van der Waals surface area contributed by atoms with Crippen LogP contribution in [0.2, 0.25) is 0 Å². The van der Waals surface area contributed by atoms with Crippen LogP contribution < -0.4 is 5.73 Å². The number of aliphatic carboxylic acids is 2. The number of benzene rings is 2. The molecule has 1 aliphatic rings. The van der Waals surface area contributed by atoms with Crippen molar-refractivity contribution in [3.63, 3.8) is 0 Å². The molecule has 4 N–H and O–H groups in total. The maximum absolute atomic E-state index is 11.6. The fourth-order valence-electron chi connectivity index (χ4n) is 3.23. The lowest BCUT2D eigenvalue weighted by molar-refractivity contribution is -0.145. The average Bonchev–Trinajstić information content (AvgIpc) is 3.33. The third kappa shape index (κ3) is 2.92. The Labute approximate surface area is 133 Å². The van der Waals surface area contributed by atoms with Gasteiger partial charge in [0.1, 0.15) is 5.54 Å². The number of rotatable bonds is 6. The predicted molar refractivity (Wildman–Crippen MR) is 86.1 cm³/mol. The first-order valence-electron chi connectivity index (χ1n) is 7.64. The van der Waals surface area contributed by atoms with Crippen molar-refractivity contribution in [3.8, 4) is 0 Å². The highest BCUT2D eigenvalue weighted by atomic mass is 16.4. The molecular formula is C18H19NO4. The minimum absolute atomic E-state index is 0.231. The van der Waals surface area contributed by atoms with Crippen molar-refractivity contribution < 1.29 is 19.8 Å². The summed E-state index contributed by atoms with van der Waals surface area (Å²) < 4.78 is 0. The van der Waals surface area contributed by atoms with Crippen molar-refractivity contribution in [2.24, 2.45) is 17.6 Å². The van der Waals surface area contributed by atoms with Gasteiger partial charge in [0.2, 0.25) is 0 Å². The molecule has 5 heteroatoms. The molecule has 0 radical (unpaired) electrons. The van der Waals surface area contributed by atoms with Crippen molar-refractivity contribution in [2.75, 3.05) is 0 Å². The summed E-state index contributed by atoms with van der Waals surface area (Å²) >= 11 is 0. The van der Waals surface area contributed by atoms with E-state index in [-0.39, 0.29) is 6.42 Å². The zero-order valence-corrected chi connectivity index (χ0v) is 12.6. The molecule has 0 saturated heterocycles. The van der Waals surface area contributed by atoms with Crippen molar-refractivity contribution in [2.45, 2.75) is 24.8 Å². The molecule has 3 rings (SSSR count). The van der Waals surface area contributed by atoms with Gasteiger partial charge in [-0.2, -0.15) is 0 Å². The Bertz CT molecular complexity index is 772. The molecule has 0 bridgehead atoms. The molecule has 5 nitrogen and oxygen atoms in total. The van der Waals surface area contributed by atoms with Gasteiger partial charge in [0.05, 0.1) is 5.92 Å². The monoisotopic (exact) mass is 313 g/mol. The van der Waals surface area contributed by atoms with E-state index in [0.29, 0.717) is 12.8 Å². The first kappa shape index (κ1) is 15.5. The van der Waals surface area contributed by atoms with E-state index in [1.807, 2.05) is 42.5 Å². The molecule has 0 aromatic heterocycles. The van der Waals surface area contributed by atoms with Crippen LogP contribution in [0.5, 0.6) is 0 Å². The SMILES string of the molecule is N[C@@](CCc1ccc2ccccc2c1)(C(=O)O)C1C[C@@H]1C(=O)O. The molecule has 1 aliphatic carbocycles. The van der Waals surface area contributed by atoms with Crippen LogP contribution in [0.3, 0.4) is 0 Å². The van der Waals surface area contributed by atoms with Crippen molar-refractivity contribution >= 4 is 22.7 Å². The second kappa shape index (κ2) is 5.66. The Morgan fingerprint density at radius 1 is 1.13 bits per heavy atom. The zero-order valence-electron chi connectivity index (χ0n) is 12.6. The minimum atomic E-state index is -1.48. The number of fused-ring (bicyclic) bond motifs is 1. The smallest absolute Gasteiger partial charge is 0.324 e. The van der Waals surface area contributed by atoms with Crippen LogP contribution in [0.15, 0.2) is 42.5 Å². The molecule has 1 saturated carbocycles. The van der Waals surface area contributed by atoms with E-state index >= 15 is 0 Å². The summed E-state index contributed by atoms with van der Waals surface area (Å²) in [7, 11) is 0. The second-order valence-electron chi connectivity index (χ2n) is 6.31. The Morgan fingerprint density at radius 3 is 2.43 bits per heavy atom. The molecule has 2 aromatic carbocycles. The molecule has 0 aliphatic heterocycles. The molecule has 2 aromatic rings. The minimum Gasteiger partial charge on any atom is -0.481 e. The standard InChI is InChI=1S/C18H19NO4/c19-18(17(22)23,15-10-14(15)16(20)21)8-7-11-5-6-12-3-1-2-4-13(12)9-11/h1-6,9,14-15H,7-8,10,19H2,(H,20,21)(H,22,23)/t14-,15?,18+/m0/s1. The summed E-state index contributed by atoms with van der Waals surface area (Å²) in [5.74, 6) is -3.20. The highest BCUT2D eigenvalue weighted by Gasteiger charge is 2.57. The summed E-state index contributed by atoms with van der Waals surface area (Å²) in [6.45, 7) is 0. The van der Waals surface area contributed by atoms with Crippen molar-refractivity contribution in [1.82, 2.24) is 0 Å². The summed E-state index contributed by atoms with van der Waals surface area (Å²) in [5.41, 5.74) is 5.60. The first-order valence-corrected chi connectivity index (χ1v) is 7.64. The topological polar surface area (TPSA) is 101 Å². The van der Waals surface area contributed by atoms with Crippen LogP contribution in [0.4, 0.5) is 0 Å². The van der Waals surface area contributed by atoms with Gasteiger partial charge in [-0.1, -0.05) is 42.5 Å². The maximum Gasteiger partial charge on any atom is 0.324 e. The number of carboxylic acids is 2. The van der Waals surface area contributed by atoms with E-state index in [0.717, 1.165) is 16.3 Å². The number of hydrogen-bond donors (Lipinski definition) is 3. The molecule has 0 amide bonds. The van der Waals surface area contributed by atoms with Gasteiger partial charge >= 0.3 is 11.9 Å². The van der Waals surface area contributed by atoms with E-state index < -0.39 is 29.3 Å². The molecule has 23 heavy (non-hydrogen) atoms. The maximum atomic E-state index is 11.6. The van der Waals surface area contributed by atoms with E-state index in [2.05, 4.69) is 0 Å². The highest BCUT2D eigenvalue weighted by Crippen LogP contribution is 2.47. The lowest BCUT2D eigenvalue weighted by Gasteiger charge is -2.25. The number of carbonyl (C=O) groups is 2. The number of hydrogen-bond acceptors (Lipinski definition) is 3. The number of aryl methyl sites for hydroxylation is 1. The molecule has 0 heterocycles. The van der Waals surface area contributed by atoms with Crippen LogP contribution in [0.1, 0.15) is 18.4 Å². The van der Waals surface area contributed by atoms with Crippen LogP contribution in [0.25, 0.3) is 10.8 Å². The molecule has 120 valence electrons. The molecular weight excluding hydrogens is 294 g/mol. The summed E-state index contributed by atoms with van der Waals surface area (Å²) in [6, 6.07) is 13.9. The first-order chi connectivity index (χ1) is 10.9. The zero-order chi connectivity index (χ0) is 16.6. The van der Waals surface area contributed by atoms with Crippen molar-refractivity contribution in [1.29, 1.82) is 0 Å². The fraction of sp³-hybridized carbons (Fsp3) is 0.333. The third-order valence-electron chi connectivity index (χ3n) is 4.81. The largest absolute Gasteiger partial charge is 0.481 e. The normalized spacial score (nSPS) is 22.5. The van der Waals surface area contributed by atoms with Gasteiger partial charge in [-0.15, -0.1) is 0 Å². The summed E-state index contributed by atoms with van der Waals surface area (Å²) in [4.78, 5) is 22.6. The number of nitrogens with two attached hydrogens (primary N) is 1.